The summed E-state index contributed by atoms with van der Waals surface area (Å²) in [5.41, 5.74) is 2.16. The fraction of sp³-hybridized carbons (Fsp3) is 0.200. The van der Waals surface area contributed by atoms with Crippen LogP contribution in [0.5, 0.6) is 23.0 Å². The highest BCUT2D eigenvalue weighted by Gasteiger charge is 2.13. The van der Waals surface area contributed by atoms with Crippen molar-refractivity contribution in [3.8, 4) is 23.0 Å². The molecule has 194 valence electrons. The number of pyridine rings is 1. The third-order valence-corrected chi connectivity index (χ3v) is 6.76. The second kappa shape index (κ2) is 11.5. The zero-order chi connectivity index (χ0) is 26.5. The molecule has 7 nitrogen and oxygen atoms in total. The molecular formula is C30H29N3O4S. The third-order valence-electron chi connectivity index (χ3n) is 6.07. The first-order valence-corrected chi connectivity index (χ1v) is 13.2. The van der Waals surface area contributed by atoms with E-state index in [1.54, 1.807) is 13.3 Å². The van der Waals surface area contributed by atoms with Gasteiger partial charge in [-0.3, -0.25) is 9.78 Å². The molecule has 0 fully saturated rings. The Bertz CT molecular complexity index is 1570. The van der Waals surface area contributed by atoms with Crippen molar-refractivity contribution in [2.75, 3.05) is 39.7 Å². The number of hydrogen-bond donors (Lipinski definition) is 1. The van der Waals surface area contributed by atoms with Gasteiger partial charge in [-0.1, -0.05) is 12.1 Å². The van der Waals surface area contributed by atoms with Gasteiger partial charge in [-0.25, -0.2) is 0 Å². The van der Waals surface area contributed by atoms with Crippen LogP contribution < -0.4 is 19.5 Å². The van der Waals surface area contributed by atoms with Crippen molar-refractivity contribution < 1.29 is 19.0 Å². The minimum Gasteiger partial charge on any atom is -0.493 e. The Labute approximate surface area is 225 Å². The summed E-state index contributed by atoms with van der Waals surface area (Å²) in [6.07, 6.45) is 2.64. The monoisotopic (exact) mass is 527 g/mol. The lowest BCUT2D eigenvalue weighted by molar-refractivity contribution is 0.102. The van der Waals surface area contributed by atoms with E-state index in [2.05, 4.69) is 15.2 Å². The molecule has 2 aromatic heterocycles. The topological polar surface area (TPSA) is 72.9 Å². The maximum absolute atomic E-state index is 12.4. The van der Waals surface area contributed by atoms with Crippen LogP contribution in [0.4, 0.5) is 5.69 Å². The minimum atomic E-state index is -0.118. The smallest absolute Gasteiger partial charge is 0.256 e. The van der Waals surface area contributed by atoms with Crippen LogP contribution in [-0.4, -0.2) is 50.1 Å². The molecule has 0 saturated carbocycles. The van der Waals surface area contributed by atoms with E-state index in [0.29, 0.717) is 35.2 Å². The molecular weight excluding hydrogens is 498 g/mol. The Morgan fingerprint density at radius 2 is 1.82 bits per heavy atom. The lowest BCUT2D eigenvalue weighted by Gasteiger charge is -2.15. The molecule has 0 aliphatic heterocycles. The van der Waals surface area contributed by atoms with Gasteiger partial charge in [0.15, 0.2) is 11.5 Å². The van der Waals surface area contributed by atoms with Crippen molar-refractivity contribution >= 4 is 44.6 Å². The number of aromatic nitrogens is 1. The molecule has 1 N–H and O–H groups in total. The quantitative estimate of drug-likeness (QED) is 0.201. The number of hydrogen-bond acceptors (Lipinski definition) is 7. The Kier molecular flexibility index (Phi) is 7.72. The molecule has 8 heteroatoms. The van der Waals surface area contributed by atoms with E-state index in [1.807, 2.05) is 85.5 Å². The summed E-state index contributed by atoms with van der Waals surface area (Å²) in [6, 6.07) is 19.1. The summed E-state index contributed by atoms with van der Waals surface area (Å²) in [5.74, 6) is 2.55. The van der Waals surface area contributed by atoms with Gasteiger partial charge in [-0.15, -0.1) is 0 Å². The number of carbonyl (C=O) groups is 1. The van der Waals surface area contributed by atoms with Gasteiger partial charge in [0, 0.05) is 35.3 Å². The number of thiophene rings is 1. The van der Waals surface area contributed by atoms with Crippen LogP contribution in [0, 0.1) is 0 Å². The molecule has 3 aromatic carbocycles. The van der Waals surface area contributed by atoms with Gasteiger partial charge in [0.1, 0.15) is 11.5 Å². The van der Waals surface area contributed by atoms with Crippen molar-refractivity contribution in [1.82, 2.24) is 9.88 Å². The summed E-state index contributed by atoms with van der Waals surface area (Å²) < 4.78 is 17.9. The van der Waals surface area contributed by atoms with Crippen molar-refractivity contribution in [2.45, 2.75) is 6.42 Å². The largest absolute Gasteiger partial charge is 0.493 e. The number of fused-ring (bicyclic) bond motifs is 2. The minimum absolute atomic E-state index is 0.118. The molecule has 0 unspecified atom stereocenters. The summed E-state index contributed by atoms with van der Waals surface area (Å²) >= 11 is 1.50. The molecule has 38 heavy (non-hydrogen) atoms. The Morgan fingerprint density at radius 1 is 0.974 bits per heavy atom. The summed E-state index contributed by atoms with van der Waals surface area (Å²) in [4.78, 5) is 19.0. The number of amides is 1. The van der Waals surface area contributed by atoms with E-state index in [-0.39, 0.29) is 5.91 Å². The van der Waals surface area contributed by atoms with Gasteiger partial charge >= 0.3 is 0 Å². The van der Waals surface area contributed by atoms with Crippen molar-refractivity contribution in [3.05, 3.63) is 83.2 Å². The van der Waals surface area contributed by atoms with Crippen molar-refractivity contribution in [1.29, 1.82) is 0 Å². The summed E-state index contributed by atoms with van der Waals surface area (Å²) in [7, 11) is 5.72. The molecule has 0 radical (unpaired) electrons. The number of nitrogens with one attached hydrogen (secondary N) is 1. The van der Waals surface area contributed by atoms with Gasteiger partial charge < -0.3 is 24.4 Å². The molecule has 0 aliphatic carbocycles. The molecule has 0 bridgehead atoms. The van der Waals surface area contributed by atoms with Gasteiger partial charge in [0.05, 0.1) is 24.8 Å². The van der Waals surface area contributed by atoms with E-state index in [4.69, 9.17) is 14.2 Å². The van der Waals surface area contributed by atoms with E-state index in [1.165, 1.54) is 11.3 Å². The van der Waals surface area contributed by atoms with E-state index < -0.39 is 0 Å². The number of methoxy groups -OCH3 is 1. The Morgan fingerprint density at radius 3 is 2.61 bits per heavy atom. The van der Waals surface area contributed by atoms with Gasteiger partial charge in [0.2, 0.25) is 0 Å². The lowest BCUT2D eigenvalue weighted by Crippen LogP contribution is -2.15. The SMILES string of the molecule is COc1cc2c(Oc3ccc4cc(NC(=O)c5ccsc5)ccc4c3)ccnc2cc1OCCCN(C)C. The first-order valence-electron chi connectivity index (χ1n) is 12.3. The number of nitrogens with zero attached hydrogens (tertiary/aromatic N) is 2. The number of carbonyl (C=O) groups excluding carboxylic acids is 1. The van der Waals surface area contributed by atoms with Crippen LogP contribution in [0.2, 0.25) is 0 Å². The molecule has 0 saturated heterocycles. The molecule has 0 aliphatic rings. The maximum Gasteiger partial charge on any atom is 0.256 e. The van der Waals surface area contributed by atoms with Crippen molar-refractivity contribution in [3.63, 3.8) is 0 Å². The van der Waals surface area contributed by atoms with Crippen LogP contribution in [0.25, 0.3) is 21.7 Å². The summed E-state index contributed by atoms with van der Waals surface area (Å²) in [6.45, 7) is 1.54. The normalized spacial score (nSPS) is 11.2. The van der Waals surface area contributed by atoms with E-state index in [9.17, 15) is 4.79 Å². The maximum atomic E-state index is 12.4. The standard InChI is InChI=1S/C30H29N3O4S/c1-33(2)12-4-13-36-29-18-26-25(17-28(29)35-3)27(9-11-31-26)37-24-8-6-20-15-23(7-5-21(20)16-24)32-30(34)22-10-14-38-19-22/h5-11,14-19H,4,12-13H2,1-3H3,(H,32,34). The fourth-order valence-corrected chi connectivity index (χ4v) is 4.78. The average Bonchev–Trinajstić information content (AvgIpc) is 3.46. The lowest BCUT2D eigenvalue weighted by atomic mass is 10.1. The van der Waals surface area contributed by atoms with Crippen molar-refractivity contribution in [2.24, 2.45) is 0 Å². The highest BCUT2D eigenvalue weighted by atomic mass is 32.1. The Balaban J connectivity index is 1.35. The first-order chi connectivity index (χ1) is 18.5. The van der Waals surface area contributed by atoms with E-state index in [0.717, 1.165) is 40.3 Å². The molecule has 0 atom stereocenters. The van der Waals surface area contributed by atoms with Crippen LogP contribution >= 0.6 is 11.3 Å². The molecule has 5 rings (SSSR count). The molecule has 1 amide bonds. The average molecular weight is 528 g/mol. The second-order valence-electron chi connectivity index (χ2n) is 9.13. The third kappa shape index (κ3) is 5.88. The van der Waals surface area contributed by atoms with Gasteiger partial charge in [-0.2, -0.15) is 11.3 Å². The number of benzene rings is 3. The zero-order valence-corrected chi connectivity index (χ0v) is 22.4. The van der Waals surface area contributed by atoms with Gasteiger partial charge in [0.25, 0.3) is 5.91 Å². The predicted octanol–water partition coefficient (Wildman–Crippen LogP) is 6.83. The fourth-order valence-electron chi connectivity index (χ4n) is 4.14. The number of anilines is 1. The van der Waals surface area contributed by atoms with Crippen LogP contribution in [-0.2, 0) is 0 Å². The van der Waals surface area contributed by atoms with Crippen LogP contribution in [0.15, 0.2) is 77.6 Å². The van der Waals surface area contributed by atoms with Crippen LogP contribution in [0.3, 0.4) is 0 Å². The predicted molar refractivity (Wildman–Crippen MR) is 153 cm³/mol. The zero-order valence-electron chi connectivity index (χ0n) is 21.6. The Hall–Kier alpha value is -4.14. The first kappa shape index (κ1) is 25.5. The molecule has 0 spiro atoms. The molecule has 5 aromatic rings. The summed E-state index contributed by atoms with van der Waals surface area (Å²) in [5, 5.41) is 9.50. The molecule has 2 heterocycles. The number of rotatable bonds is 10. The number of ether oxygens (including phenoxy) is 3. The van der Waals surface area contributed by atoms with Gasteiger partial charge in [-0.05, 0) is 79.1 Å². The highest BCUT2D eigenvalue weighted by Crippen LogP contribution is 2.37. The second-order valence-corrected chi connectivity index (χ2v) is 9.91. The van der Waals surface area contributed by atoms with E-state index >= 15 is 0 Å². The highest BCUT2D eigenvalue weighted by molar-refractivity contribution is 7.08. The van der Waals surface area contributed by atoms with Crippen LogP contribution in [0.1, 0.15) is 16.8 Å².